The van der Waals surface area contributed by atoms with Crippen LogP contribution < -0.4 is 9.64 Å². The van der Waals surface area contributed by atoms with Gasteiger partial charge in [-0.2, -0.15) is 0 Å². The number of phenols is 1. The van der Waals surface area contributed by atoms with Crippen LogP contribution in [-0.4, -0.2) is 60.4 Å². The molecule has 2 aliphatic heterocycles. The van der Waals surface area contributed by atoms with Crippen LogP contribution in [-0.2, 0) is 19.2 Å². The van der Waals surface area contributed by atoms with Crippen molar-refractivity contribution >= 4 is 74.1 Å². The number of nitrogens with zero attached hydrogens (tertiary/aromatic N) is 3. The first-order chi connectivity index (χ1) is 20.4. The summed E-state index contributed by atoms with van der Waals surface area (Å²) in [5.74, 6) is -5.88. The Morgan fingerprint density at radius 2 is 1.77 bits per heavy atom. The number of amides is 4. The average Bonchev–Trinajstić information content (AvgIpc) is 3.32. The second-order valence-electron chi connectivity index (χ2n) is 10.9. The minimum absolute atomic E-state index is 0.136. The molecule has 6 atom stereocenters. The topological polar surface area (TPSA) is 147 Å². The molecule has 1 saturated carbocycles. The highest BCUT2D eigenvalue weighted by Crippen LogP contribution is 2.65. The number of phenolic OH excluding ortho intramolecular Hbond substituents is 1. The van der Waals surface area contributed by atoms with E-state index in [9.17, 15) is 34.4 Å². The van der Waals surface area contributed by atoms with Crippen molar-refractivity contribution in [2.75, 3.05) is 17.0 Å². The summed E-state index contributed by atoms with van der Waals surface area (Å²) in [5.41, 5.74) is 0.875. The fraction of sp³-hybridized carbons (Fsp3) is 0.379. The highest BCUT2D eigenvalue weighted by atomic mass is 79.9. The zero-order chi connectivity index (χ0) is 31.0. The Morgan fingerprint density at radius 3 is 2.40 bits per heavy atom. The number of nitro benzene ring substituents is 1. The van der Waals surface area contributed by atoms with E-state index in [2.05, 4.69) is 15.9 Å². The quantitative estimate of drug-likeness (QED) is 0.115. The Balaban J connectivity index is 1.49. The first-order valence-corrected chi connectivity index (χ1v) is 15.4. The van der Waals surface area contributed by atoms with Gasteiger partial charge in [0.15, 0.2) is 21.2 Å². The predicted molar refractivity (Wildman–Crippen MR) is 158 cm³/mol. The highest BCUT2D eigenvalue weighted by Gasteiger charge is 2.76. The molecule has 6 rings (SSSR count). The maximum absolute atomic E-state index is 14.0. The fourth-order valence-corrected chi connectivity index (χ4v) is 8.51. The molecule has 3 fully saturated rings. The molecule has 2 aromatic carbocycles. The molecule has 0 spiro atoms. The Bertz CT molecular complexity index is 1630. The predicted octanol–water partition coefficient (Wildman–Crippen LogP) is 4.61. The number of nitro groups is 1. The van der Waals surface area contributed by atoms with E-state index in [0.717, 1.165) is 9.80 Å². The van der Waals surface area contributed by atoms with E-state index in [4.69, 9.17) is 27.9 Å². The number of hydrogen-bond donors (Lipinski definition) is 1. The van der Waals surface area contributed by atoms with Crippen LogP contribution in [0.5, 0.6) is 11.5 Å². The van der Waals surface area contributed by atoms with Crippen molar-refractivity contribution in [3.63, 3.8) is 0 Å². The number of carbonyl (C=O) groups excluding carboxylic acids is 4. The minimum atomic E-state index is -1.99. The second-order valence-corrected chi connectivity index (χ2v) is 12.7. The van der Waals surface area contributed by atoms with Gasteiger partial charge in [0.25, 0.3) is 17.5 Å². The lowest BCUT2D eigenvalue weighted by molar-refractivity contribution is -0.384. The van der Waals surface area contributed by atoms with Crippen molar-refractivity contribution in [1.29, 1.82) is 0 Å². The highest BCUT2D eigenvalue weighted by molar-refractivity contribution is 9.09. The number of halogens is 3. The van der Waals surface area contributed by atoms with E-state index in [1.54, 1.807) is 25.1 Å². The summed E-state index contributed by atoms with van der Waals surface area (Å²) >= 11 is 17.6. The number of likely N-dealkylation sites (tertiary alicyclic amines) is 1. The number of aromatic hydroxyl groups is 1. The standard InChI is InChI=1S/C29H24BrCl2N3O8/c1-2-43-21-11-14(3-10-20(21)36)23-17-8-9-18-22(19(17)12-28(31)26(39)33(13-30)27(40)29(23,28)32)25(38)34(24(18)37)15-4-6-16(7-5-15)35(41)42/h3-8,10-11,18-19,22-23,36H,2,9,12-13H2,1H3. The molecule has 2 saturated heterocycles. The number of ether oxygens (including phenoxy) is 1. The van der Waals surface area contributed by atoms with Gasteiger partial charge in [-0.05, 0) is 55.5 Å². The van der Waals surface area contributed by atoms with E-state index >= 15 is 0 Å². The van der Waals surface area contributed by atoms with Crippen molar-refractivity contribution in [2.45, 2.75) is 35.4 Å². The first kappa shape index (κ1) is 29.6. The third-order valence-corrected chi connectivity index (χ3v) is 10.9. The summed E-state index contributed by atoms with van der Waals surface area (Å²) in [5, 5.41) is 21.5. The van der Waals surface area contributed by atoms with E-state index in [1.165, 1.54) is 30.3 Å². The lowest BCUT2D eigenvalue weighted by Crippen LogP contribution is -2.60. The molecule has 0 aromatic heterocycles. The zero-order valence-corrected chi connectivity index (χ0v) is 25.6. The molecule has 6 unspecified atom stereocenters. The molecule has 11 nitrogen and oxygen atoms in total. The number of imide groups is 2. The molecule has 14 heteroatoms. The molecule has 224 valence electrons. The van der Waals surface area contributed by atoms with Gasteiger partial charge >= 0.3 is 0 Å². The summed E-state index contributed by atoms with van der Waals surface area (Å²) in [4.78, 5) is 63.9. The van der Waals surface area contributed by atoms with Gasteiger partial charge in [0.1, 0.15) is 0 Å². The van der Waals surface area contributed by atoms with Gasteiger partial charge in [-0.3, -0.25) is 39.1 Å². The second kappa shape index (κ2) is 10.3. The maximum atomic E-state index is 14.0. The molecule has 1 N–H and O–H groups in total. The van der Waals surface area contributed by atoms with Gasteiger partial charge in [0, 0.05) is 18.1 Å². The molecule has 2 aliphatic carbocycles. The number of fused-ring (bicyclic) bond motifs is 4. The van der Waals surface area contributed by atoms with E-state index in [0.29, 0.717) is 11.1 Å². The van der Waals surface area contributed by atoms with Crippen molar-refractivity contribution in [2.24, 2.45) is 17.8 Å². The normalized spacial score (nSPS) is 31.5. The van der Waals surface area contributed by atoms with Gasteiger partial charge in [-0.25, -0.2) is 0 Å². The summed E-state index contributed by atoms with van der Waals surface area (Å²) in [6.07, 6.45) is 1.77. The van der Waals surface area contributed by atoms with Gasteiger partial charge < -0.3 is 9.84 Å². The number of carbonyl (C=O) groups is 4. The van der Waals surface area contributed by atoms with Gasteiger partial charge in [-0.15, -0.1) is 23.2 Å². The van der Waals surface area contributed by atoms with Crippen LogP contribution in [0.1, 0.15) is 31.2 Å². The third-order valence-electron chi connectivity index (χ3n) is 8.95. The maximum Gasteiger partial charge on any atom is 0.269 e. The Kier molecular flexibility index (Phi) is 7.09. The number of allylic oxidation sites excluding steroid dienone is 2. The SMILES string of the molecule is CCOc1cc(C2C3=CCC4C(=O)N(c5ccc([N+](=O)[O-])cc5)C(=O)C4C3CC3(Cl)C(=O)N(CBr)C(=O)C23Cl)ccc1O. The molecular weight excluding hydrogens is 669 g/mol. The van der Waals surface area contributed by atoms with Crippen molar-refractivity contribution < 1.29 is 33.9 Å². The smallest absolute Gasteiger partial charge is 0.269 e. The monoisotopic (exact) mass is 691 g/mol. The molecule has 43 heavy (non-hydrogen) atoms. The summed E-state index contributed by atoms with van der Waals surface area (Å²) in [6, 6.07) is 9.62. The molecule has 4 amide bonds. The van der Waals surface area contributed by atoms with Crippen molar-refractivity contribution in [3.8, 4) is 11.5 Å². The Morgan fingerprint density at radius 1 is 1.07 bits per heavy atom. The van der Waals surface area contributed by atoms with E-state index in [1.807, 2.05) is 0 Å². The summed E-state index contributed by atoms with van der Waals surface area (Å²) < 4.78 is 5.59. The van der Waals surface area contributed by atoms with Crippen molar-refractivity contribution in [3.05, 3.63) is 69.8 Å². The van der Waals surface area contributed by atoms with Gasteiger partial charge in [0.2, 0.25) is 11.8 Å². The number of non-ortho nitro benzene ring substituents is 1. The molecule has 2 aromatic rings. The number of alkyl halides is 3. The van der Waals surface area contributed by atoms with E-state index in [-0.39, 0.29) is 47.8 Å². The first-order valence-electron chi connectivity index (χ1n) is 13.5. The fourth-order valence-electron chi connectivity index (χ4n) is 7.09. The van der Waals surface area contributed by atoms with Crippen LogP contribution in [0.2, 0.25) is 0 Å². The van der Waals surface area contributed by atoms with Gasteiger partial charge in [0.05, 0.1) is 34.5 Å². The number of rotatable bonds is 6. The Labute approximate surface area is 263 Å². The van der Waals surface area contributed by atoms with Gasteiger partial charge in [-0.1, -0.05) is 33.6 Å². The lowest BCUT2D eigenvalue weighted by Gasteiger charge is -2.50. The summed E-state index contributed by atoms with van der Waals surface area (Å²) in [6.45, 7) is 1.98. The van der Waals surface area contributed by atoms with Crippen LogP contribution in [0.3, 0.4) is 0 Å². The number of anilines is 1. The third kappa shape index (κ3) is 3.99. The number of hydrogen-bond acceptors (Lipinski definition) is 8. The molecular formula is C29H24BrCl2N3O8. The van der Waals surface area contributed by atoms with Crippen LogP contribution in [0.4, 0.5) is 11.4 Å². The largest absolute Gasteiger partial charge is 0.504 e. The number of benzene rings is 2. The zero-order valence-electron chi connectivity index (χ0n) is 22.5. The average molecular weight is 693 g/mol. The van der Waals surface area contributed by atoms with Crippen LogP contribution in [0.25, 0.3) is 0 Å². The molecule has 0 bridgehead atoms. The van der Waals surface area contributed by atoms with Crippen molar-refractivity contribution in [1.82, 2.24) is 4.90 Å². The summed E-state index contributed by atoms with van der Waals surface area (Å²) in [7, 11) is 0. The Hall–Kier alpha value is -3.48. The lowest BCUT2D eigenvalue weighted by atomic mass is 9.56. The molecule has 0 radical (unpaired) electrons. The molecule has 2 heterocycles. The molecule has 4 aliphatic rings. The minimum Gasteiger partial charge on any atom is -0.504 e. The van der Waals surface area contributed by atoms with Crippen LogP contribution in [0, 0.1) is 27.9 Å². The van der Waals surface area contributed by atoms with Crippen LogP contribution >= 0.6 is 39.1 Å². The van der Waals surface area contributed by atoms with Crippen LogP contribution in [0.15, 0.2) is 54.1 Å². The van der Waals surface area contributed by atoms with E-state index < -0.39 is 62.0 Å².